The van der Waals surface area contributed by atoms with Crippen LogP contribution >= 0.6 is 0 Å². The summed E-state index contributed by atoms with van der Waals surface area (Å²) in [5.74, 6) is 0.700. The molecule has 0 N–H and O–H groups in total. The molecule has 0 bridgehead atoms. The number of hydrogen-bond donors (Lipinski definition) is 0. The molecule has 0 aliphatic carbocycles. The van der Waals surface area contributed by atoms with Crippen LogP contribution in [-0.2, 0) is 9.84 Å². The van der Waals surface area contributed by atoms with Crippen LogP contribution < -0.4 is 0 Å². The summed E-state index contributed by atoms with van der Waals surface area (Å²) < 4.78 is 24.0. The van der Waals surface area contributed by atoms with Crippen LogP contribution in [0.3, 0.4) is 0 Å². The molecule has 0 atom stereocenters. The predicted octanol–water partition coefficient (Wildman–Crippen LogP) is 3.77. The van der Waals surface area contributed by atoms with Gasteiger partial charge in [-0.3, -0.25) is 0 Å². The van der Waals surface area contributed by atoms with Crippen molar-refractivity contribution < 1.29 is 8.42 Å². The normalized spacial score (nSPS) is 12.0. The van der Waals surface area contributed by atoms with Crippen molar-refractivity contribution in [3.8, 4) is 0 Å². The topological polar surface area (TPSA) is 34.1 Å². The molecular weight excluding hydrogens is 232 g/mol. The van der Waals surface area contributed by atoms with Gasteiger partial charge in [-0.1, -0.05) is 32.9 Å². The van der Waals surface area contributed by atoms with E-state index in [1.54, 1.807) is 6.07 Å². The summed E-state index contributed by atoms with van der Waals surface area (Å²) in [6, 6.07) is 7.44. The Morgan fingerprint density at radius 1 is 1.12 bits per heavy atom. The lowest BCUT2D eigenvalue weighted by atomic mass is 9.94. The minimum Gasteiger partial charge on any atom is -0.224 e. The van der Waals surface area contributed by atoms with Gasteiger partial charge in [-0.05, 0) is 42.9 Å². The summed E-state index contributed by atoms with van der Waals surface area (Å²) in [5, 5.41) is 0. The summed E-state index contributed by atoms with van der Waals surface area (Å²) >= 11 is 0. The molecule has 0 fully saturated rings. The lowest BCUT2D eigenvalue weighted by Gasteiger charge is -2.14. The molecule has 1 aromatic rings. The highest BCUT2D eigenvalue weighted by molar-refractivity contribution is 7.91. The van der Waals surface area contributed by atoms with E-state index in [4.69, 9.17) is 0 Å². The first kappa shape index (κ1) is 14.2. The quantitative estimate of drug-likeness (QED) is 0.774. The zero-order valence-electron chi connectivity index (χ0n) is 10.9. The van der Waals surface area contributed by atoms with E-state index < -0.39 is 9.84 Å². The number of hydrogen-bond acceptors (Lipinski definition) is 2. The van der Waals surface area contributed by atoms with E-state index in [1.165, 1.54) is 0 Å². The molecule has 2 nitrogen and oxygen atoms in total. The van der Waals surface area contributed by atoms with Gasteiger partial charge in [0.15, 0.2) is 9.84 Å². The second-order valence-corrected chi connectivity index (χ2v) is 6.51. The Balaban J connectivity index is 3.09. The summed E-state index contributed by atoms with van der Waals surface area (Å²) in [7, 11) is -3.08. The van der Waals surface area contributed by atoms with Crippen LogP contribution in [0.1, 0.15) is 51.5 Å². The van der Waals surface area contributed by atoms with Crippen molar-refractivity contribution in [1.82, 2.24) is 0 Å². The fourth-order valence-electron chi connectivity index (χ4n) is 2.11. The van der Waals surface area contributed by atoms with Crippen molar-refractivity contribution >= 4 is 9.84 Å². The van der Waals surface area contributed by atoms with Gasteiger partial charge in [-0.25, -0.2) is 8.42 Å². The fraction of sp³-hybridized carbons (Fsp3) is 0.571. The molecule has 0 heterocycles. The standard InChI is InChI=1S/C14H22O2S/c1-4-10-17(15,16)14-9-7-8-13(11-14)12(5-2)6-3/h7-9,11-12H,4-6,10H2,1-3H3. The average Bonchev–Trinajstić information content (AvgIpc) is 2.31. The number of rotatable bonds is 6. The first-order valence-electron chi connectivity index (χ1n) is 6.37. The van der Waals surface area contributed by atoms with Crippen molar-refractivity contribution in [2.24, 2.45) is 0 Å². The van der Waals surface area contributed by atoms with E-state index in [9.17, 15) is 8.42 Å². The molecule has 0 radical (unpaired) electrons. The van der Waals surface area contributed by atoms with Gasteiger partial charge >= 0.3 is 0 Å². The van der Waals surface area contributed by atoms with Crippen molar-refractivity contribution in [1.29, 1.82) is 0 Å². The highest BCUT2D eigenvalue weighted by atomic mass is 32.2. The van der Waals surface area contributed by atoms with Gasteiger partial charge in [0.2, 0.25) is 0 Å². The molecule has 1 aromatic carbocycles. The molecule has 17 heavy (non-hydrogen) atoms. The van der Waals surface area contributed by atoms with E-state index in [0.717, 1.165) is 18.4 Å². The molecule has 0 amide bonds. The second kappa shape index (κ2) is 6.20. The summed E-state index contributed by atoms with van der Waals surface area (Å²) in [4.78, 5) is 0.476. The van der Waals surface area contributed by atoms with E-state index >= 15 is 0 Å². The van der Waals surface area contributed by atoms with Crippen LogP contribution in [0.15, 0.2) is 29.2 Å². The van der Waals surface area contributed by atoms with E-state index in [1.807, 2.05) is 25.1 Å². The minimum atomic E-state index is -3.08. The Labute approximate surface area is 105 Å². The maximum atomic E-state index is 12.0. The van der Waals surface area contributed by atoms with Gasteiger partial charge in [0.1, 0.15) is 0 Å². The molecule has 0 aromatic heterocycles. The van der Waals surface area contributed by atoms with Crippen LogP contribution in [0.5, 0.6) is 0 Å². The van der Waals surface area contributed by atoms with Crippen molar-refractivity contribution in [3.63, 3.8) is 0 Å². The van der Waals surface area contributed by atoms with Gasteiger partial charge in [-0.15, -0.1) is 0 Å². The molecule has 96 valence electrons. The molecule has 0 unspecified atom stereocenters. The third kappa shape index (κ3) is 3.56. The third-order valence-corrected chi connectivity index (χ3v) is 5.06. The molecule has 0 aliphatic heterocycles. The first-order chi connectivity index (χ1) is 8.05. The number of benzene rings is 1. The molecular formula is C14H22O2S. The van der Waals surface area contributed by atoms with Crippen LogP contribution in [0.4, 0.5) is 0 Å². The number of sulfone groups is 1. The van der Waals surface area contributed by atoms with Gasteiger partial charge in [0.25, 0.3) is 0 Å². The molecule has 3 heteroatoms. The maximum Gasteiger partial charge on any atom is 0.178 e. The lowest BCUT2D eigenvalue weighted by molar-refractivity contribution is 0.593. The zero-order chi connectivity index (χ0) is 12.9. The summed E-state index contributed by atoms with van der Waals surface area (Å²) in [5.41, 5.74) is 1.15. The Hall–Kier alpha value is -0.830. The fourth-order valence-corrected chi connectivity index (χ4v) is 3.48. The lowest BCUT2D eigenvalue weighted by Crippen LogP contribution is -2.07. The van der Waals surface area contributed by atoms with Crippen molar-refractivity contribution in [2.75, 3.05) is 5.75 Å². The van der Waals surface area contributed by atoms with Gasteiger partial charge < -0.3 is 0 Å². The molecule has 1 rings (SSSR count). The smallest absolute Gasteiger partial charge is 0.178 e. The highest BCUT2D eigenvalue weighted by Gasteiger charge is 2.15. The summed E-state index contributed by atoms with van der Waals surface area (Å²) in [6.07, 6.45) is 2.76. The Bertz CT molecular complexity index is 445. The van der Waals surface area contributed by atoms with E-state index in [-0.39, 0.29) is 5.75 Å². The Kier molecular flexibility index (Phi) is 5.19. The molecule has 0 saturated heterocycles. The minimum absolute atomic E-state index is 0.235. The Morgan fingerprint density at radius 2 is 1.76 bits per heavy atom. The van der Waals surface area contributed by atoms with Gasteiger partial charge in [0, 0.05) is 0 Å². The van der Waals surface area contributed by atoms with E-state index in [2.05, 4.69) is 13.8 Å². The Morgan fingerprint density at radius 3 is 2.29 bits per heavy atom. The summed E-state index contributed by atoms with van der Waals surface area (Å²) in [6.45, 7) is 6.17. The molecule has 0 aliphatic rings. The first-order valence-corrected chi connectivity index (χ1v) is 8.03. The average molecular weight is 254 g/mol. The van der Waals surface area contributed by atoms with Gasteiger partial charge in [-0.2, -0.15) is 0 Å². The monoisotopic (exact) mass is 254 g/mol. The van der Waals surface area contributed by atoms with Crippen molar-refractivity contribution in [2.45, 2.75) is 50.8 Å². The van der Waals surface area contributed by atoms with Gasteiger partial charge in [0.05, 0.1) is 10.6 Å². The van der Waals surface area contributed by atoms with E-state index in [0.29, 0.717) is 17.2 Å². The maximum absolute atomic E-state index is 12.0. The second-order valence-electron chi connectivity index (χ2n) is 4.40. The highest BCUT2D eigenvalue weighted by Crippen LogP contribution is 2.25. The van der Waals surface area contributed by atoms with Crippen LogP contribution in [-0.4, -0.2) is 14.2 Å². The predicted molar refractivity (Wildman–Crippen MR) is 72.1 cm³/mol. The third-order valence-electron chi connectivity index (χ3n) is 3.15. The molecule has 0 spiro atoms. The SMILES string of the molecule is CCCS(=O)(=O)c1cccc(C(CC)CC)c1. The van der Waals surface area contributed by atoms with Crippen LogP contribution in [0, 0.1) is 0 Å². The largest absolute Gasteiger partial charge is 0.224 e. The molecule has 0 saturated carbocycles. The van der Waals surface area contributed by atoms with Crippen LogP contribution in [0.2, 0.25) is 0 Å². The van der Waals surface area contributed by atoms with Crippen LogP contribution in [0.25, 0.3) is 0 Å². The van der Waals surface area contributed by atoms with Crippen molar-refractivity contribution in [3.05, 3.63) is 29.8 Å². The zero-order valence-corrected chi connectivity index (χ0v) is 11.8.